The first-order valence-electron chi connectivity index (χ1n) is 18.7. The van der Waals surface area contributed by atoms with Crippen LogP contribution in [0.25, 0.3) is 110 Å². The van der Waals surface area contributed by atoms with Crippen molar-refractivity contribution in [3.63, 3.8) is 0 Å². The Labute approximate surface area is 327 Å². The maximum atomic E-state index is 6.87. The molecular weight excluding hydrogens is 703 g/mol. The Morgan fingerprint density at radius 3 is 1.62 bits per heavy atom. The maximum Gasteiger partial charge on any atom is 0.164 e. The van der Waals surface area contributed by atoms with Crippen molar-refractivity contribution in [1.29, 1.82) is 0 Å². The minimum atomic E-state index is 0.589. The molecule has 4 nitrogen and oxygen atoms in total. The van der Waals surface area contributed by atoms with Crippen LogP contribution in [0.4, 0.5) is 0 Å². The molecule has 0 unspecified atom stereocenters. The highest BCUT2D eigenvalue weighted by Gasteiger charge is 2.20. The number of rotatable bonds is 6. The summed E-state index contributed by atoms with van der Waals surface area (Å²) < 4.78 is 9.42. The first-order chi connectivity index (χ1) is 27.7. The van der Waals surface area contributed by atoms with E-state index < -0.39 is 0 Å². The Balaban J connectivity index is 1.06. The van der Waals surface area contributed by atoms with Gasteiger partial charge in [0.25, 0.3) is 0 Å². The number of thiophene rings is 1. The van der Waals surface area contributed by atoms with Gasteiger partial charge in [-0.05, 0) is 46.0 Å². The predicted molar refractivity (Wildman–Crippen MR) is 233 cm³/mol. The molecule has 56 heavy (non-hydrogen) atoms. The standard InChI is InChI=1S/C51H31N3OS/c1-4-13-32(14-5-1)33-23-25-36(26-24-33)50-52-49(35-17-8-3-9-18-35)53-51(54-50)37-27-28-39-41-20-12-21-42(47(41)55-44(39)31-37)40-30-29-38(34-15-6-2-7-16-34)48-46(40)43-19-10-11-22-45(43)56-48/h1-31H. The fourth-order valence-corrected chi connectivity index (χ4v) is 9.10. The van der Waals surface area contributed by atoms with E-state index in [2.05, 4.69) is 152 Å². The highest BCUT2D eigenvalue weighted by atomic mass is 32.1. The van der Waals surface area contributed by atoms with E-state index in [1.807, 2.05) is 47.7 Å². The summed E-state index contributed by atoms with van der Waals surface area (Å²) in [6, 6.07) is 65.5. The lowest BCUT2D eigenvalue weighted by atomic mass is 9.94. The van der Waals surface area contributed by atoms with E-state index in [4.69, 9.17) is 19.4 Å². The van der Waals surface area contributed by atoms with Crippen LogP contribution < -0.4 is 0 Å². The van der Waals surface area contributed by atoms with Gasteiger partial charge in [-0.1, -0.05) is 170 Å². The molecular formula is C51H31N3OS. The lowest BCUT2D eigenvalue weighted by Gasteiger charge is -2.10. The molecule has 3 aromatic heterocycles. The lowest BCUT2D eigenvalue weighted by molar-refractivity contribution is 0.670. The molecule has 3 heterocycles. The Bertz CT molecular complexity index is 3230. The van der Waals surface area contributed by atoms with Gasteiger partial charge in [0.05, 0.1) is 0 Å². The van der Waals surface area contributed by atoms with Gasteiger partial charge in [0.2, 0.25) is 0 Å². The molecule has 11 rings (SSSR count). The molecule has 5 heteroatoms. The van der Waals surface area contributed by atoms with E-state index in [1.165, 1.54) is 36.9 Å². The zero-order valence-corrected chi connectivity index (χ0v) is 30.9. The second-order valence-electron chi connectivity index (χ2n) is 13.9. The first-order valence-corrected chi connectivity index (χ1v) is 19.5. The van der Waals surface area contributed by atoms with Gasteiger partial charge in [-0.2, -0.15) is 0 Å². The lowest BCUT2D eigenvalue weighted by Crippen LogP contribution is -2.00. The average Bonchev–Trinajstić information content (AvgIpc) is 3.86. The first kappa shape index (κ1) is 32.2. The smallest absolute Gasteiger partial charge is 0.164 e. The molecule has 0 amide bonds. The molecule has 0 aliphatic rings. The number of nitrogens with zero attached hydrogens (tertiary/aromatic N) is 3. The highest BCUT2D eigenvalue weighted by Crippen LogP contribution is 2.47. The minimum Gasteiger partial charge on any atom is -0.455 e. The van der Waals surface area contributed by atoms with Crippen molar-refractivity contribution >= 4 is 53.4 Å². The highest BCUT2D eigenvalue weighted by molar-refractivity contribution is 7.26. The second kappa shape index (κ2) is 13.3. The molecule has 8 aromatic carbocycles. The Morgan fingerprint density at radius 1 is 0.357 bits per heavy atom. The molecule has 0 saturated carbocycles. The topological polar surface area (TPSA) is 51.8 Å². The van der Waals surface area contributed by atoms with Gasteiger partial charge in [0, 0.05) is 53.2 Å². The molecule has 0 aliphatic heterocycles. The van der Waals surface area contributed by atoms with E-state index in [9.17, 15) is 0 Å². The Kier molecular flexibility index (Phi) is 7.64. The number of furan rings is 1. The van der Waals surface area contributed by atoms with Crippen molar-refractivity contribution in [2.45, 2.75) is 0 Å². The second-order valence-corrected chi connectivity index (χ2v) is 15.0. The van der Waals surface area contributed by atoms with Crippen molar-refractivity contribution < 1.29 is 4.42 Å². The summed E-state index contributed by atoms with van der Waals surface area (Å²) in [7, 11) is 0. The monoisotopic (exact) mass is 733 g/mol. The minimum absolute atomic E-state index is 0.589. The third-order valence-corrected chi connectivity index (χ3v) is 11.8. The quantitative estimate of drug-likeness (QED) is 0.171. The molecule has 0 aliphatic carbocycles. The van der Waals surface area contributed by atoms with Crippen LogP contribution in [0.1, 0.15) is 0 Å². The Hall–Kier alpha value is -7.21. The predicted octanol–water partition coefficient (Wildman–Crippen LogP) is 14.1. The van der Waals surface area contributed by atoms with Gasteiger partial charge in [-0.15, -0.1) is 11.3 Å². The summed E-state index contributed by atoms with van der Waals surface area (Å²) in [4.78, 5) is 15.0. The normalized spacial score (nSPS) is 11.6. The Morgan fingerprint density at radius 2 is 0.893 bits per heavy atom. The van der Waals surface area contributed by atoms with Gasteiger partial charge in [-0.25, -0.2) is 15.0 Å². The van der Waals surface area contributed by atoms with Crippen LogP contribution in [0, 0.1) is 0 Å². The summed E-state index contributed by atoms with van der Waals surface area (Å²) in [6.07, 6.45) is 0. The van der Waals surface area contributed by atoms with Gasteiger partial charge in [0.15, 0.2) is 17.5 Å². The zero-order valence-electron chi connectivity index (χ0n) is 30.1. The van der Waals surface area contributed by atoms with E-state index >= 15 is 0 Å². The van der Waals surface area contributed by atoms with Gasteiger partial charge < -0.3 is 4.42 Å². The van der Waals surface area contributed by atoms with Crippen molar-refractivity contribution in [1.82, 2.24) is 15.0 Å². The summed E-state index contributed by atoms with van der Waals surface area (Å²) in [5, 5.41) is 4.63. The molecule has 0 spiro atoms. The van der Waals surface area contributed by atoms with Crippen LogP contribution in [-0.2, 0) is 0 Å². The number of para-hydroxylation sites is 1. The van der Waals surface area contributed by atoms with Crippen LogP contribution in [0.3, 0.4) is 0 Å². The number of aromatic nitrogens is 3. The summed E-state index contributed by atoms with van der Waals surface area (Å²) in [5.74, 6) is 1.83. The van der Waals surface area contributed by atoms with Crippen LogP contribution in [0.5, 0.6) is 0 Å². The maximum absolute atomic E-state index is 6.87. The molecule has 0 saturated heterocycles. The molecule has 11 aromatic rings. The van der Waals surface area contributed by atoms with Crippen molar-refractivity contribution in [2.75, 3.05) is 0 Å². The number of hydrogen-bond donors (Lipinski definition) is 0. The van der Waals surface area contributed by atoms with E-state index in [1.54, 1.807) is 0 Å². The van der Waals surface area contributed by atoms with Crippen molar-refractivity contribution in [3.05, 3.63) is 188 Å². The zero-order chi connectivity index (χ0) is 37.0. The number of fused-ring (bicyclic) bond motifs is 6. The molecule has 0 bridgehead atoms. The average molecular weight is 734 g/mol. The SMILES string of the molecule is c1ccc(-c2ccc(-c3nc(-c4ccccc4)nc(-c4ccc5c(c4)oc4c(-c6ccc(-c7ccccc7)c7sc8ccccc8c67)cccc45)n3)cc2)cc1. The third kappa shape index (κ3) is 5.48. The van der Waals surface area contributed by atoms with E-state index in [0.717, 1.165) is 55.3 Å². The van der Waals surface area contributed by atoms with Crippen LogP contribution in [-0.4, -0.2) is 15.0 Å². The summed E-state index contributed by atoms with van der Waals surface area (Å²) >= 11 is 1.85. The molecule has 0 fully saturated rings. The number of hydrogen-bond acceptors (Lipinski definition) is 5. The summed E-state index contributed by atoms with van der Waals surface area (Å²) in [5.41, 5.74) is 11.4. The van der Waals surface area contributed by atoms with Gasteiger partial charge in [-0.3, -0.25) is 0 Å². The van der Waals surface area contributed by atoms with Crippen LogP contribution >= 0.6 is 11.3 Å². The van der Waals surface area contributed by atoms with Gasteiger partial charge >= 0.3 is 0 Å². The van der Waals surface area contributed by atoms with E-state index in [-0.39, 0.29) is 0 Å². The fourth-order valence-electron chi connectivity index (χ4n) is 7.84. The van der Waals surface area contributed by atoms with Crippen molar-refractivity contribution in [2.24, 2.45) is 0 Å². The van der Waals surface area contributed by atoms with Crippen LogP contribution in [0.2, 0.25) is 0 Å². The van der Waals surface area contributed by atoms with Crippen molar-refractivity contribution in [3.8, 4) is 67.5 Å². The number of benzene rings is 8. The van der Waals surface area contributed by atoms with Gasteiger partial charge in [0.1, 0.15) is 11.2 Å². The fraction of sp³-hybridized carbons (Fsp3) is 0. The molecule has 0 atom stereocenters. The largest absolute Gasteiger partial charge is 0.455 e. The third-order valence-electron chi connectivity index (χ3n) is 10.6. The molecule has 0 radical (unpaired) electrons. The van der Waals surface area contributed by atoms with Crippen LogP contribution in [0.15, 0.2) is 192 Å². The molecule has 0 N–H and O–H groups in total. The molecule has 262 valence electrons. The summed E-state index contributed by atoms with van der Waals surface area (Å²) in [6.45, 7) is 0. The van der Waals surface area contributed by atoms with E-state index in [0.29, 0.717) is 17.5 Å².